The maximum Gasteiger partial charge on any atom is 0.275 e. The Labute approximate surface area is 132 Å². The average molecular weight is 306 g/mol. The van der Waals surface area contributed by atoms with Gasteiger partial charge in [-0.3, -0.25) is 4.79 Å². The van der Waals surface area contributed by atoms with Crippen LogP contribution >= 0.6 is 0 Å². The molecule has 23 heavy (non-hydrogen) atoms. The fraction of sp³-hybridized carbons (Fsp3) is 0. The fourth-order valence-corrected chi connectivity index (χ4v) is 2.31. The first-order valence-corrected chi connectivity index (χ1v) is 6.99. The largest absolute Gasteiger partial charge is 0.507 e. The van der Waals surface area contributed by atoms with E-state index < -0.39 is 5.91 Å². The fourth-order valence-electron chi connectivity index (χ4n) is 2.31. The van der Waals surface area contributed by atoms with Crippen molar-refractivity contribution in [2.45, 2.75) is 0 Å². The zero-order valence-corrected chi connectivity index (χ0v) is 12.1. The van der Waals surface area contributed by atoms with Crippen LogP contribution in [0.4, 0.5) is 0 Å². The minimum absolute atomic E-state index is 0.102. The second kappa shape index (κ2) is 6.19. The van der Waals surface area contributed by atoms with Gasteiger partial charge in [0.1, 0.15) is 11.5 Å². The quantitative estimate of drug-likeness (QED) is 0.514. The van der Waals surface area contributed by atoms with Gasteiger partial charge in [-0.05, 0) is 29.7 Å². The highest BCUT2D eigenvalue weighted by molar-refractivity contribution is 6.03. The number of phenolic OH excluding ortho intramolecular Hbond substituents is 2. The van der Waals surface area contributed by atoms with Crippen molar-refractivity contribution in [2.75, 3.05) is 0 Å². The molecule has 5 heteroatoms. The van der Waals surface area contributed by atoms with Crippen LogP contribution in [0, 0.1) is 0 Å². The molecule has 0 aliphatic rings. The smallest absolute Gasteiger partial charge is 0.275 e. The Bertz CT molecular complexity index is 904. The molecule has 0 unspecified atom stereocenters. The number of para-hydroxylation sites is 1. The van der Waals surface area contributed by atoms with Crippen molar-refractivity contribution in [3.05, 3.63) is 71.8 Å². The maximum absolute atomic E-state index is 11.9. The van der Waals surface area contributed by atoms with E-state index >= 15 is 0 Å². The molecule has 0 aromatic heterocycles. The van der Waals surface area contributed by atoms with Gasteiger partial charge in [-0.2, -0.15) is 5.10 Å². The lowest BCUT2D eigenvalue weighted by molar-refractivity contribution is 0.0952. The predicted molar refractivity (Wildman–Crippen MR) is 88.8 cm³/mol. The highest BCUT2D eigenvalue weighted by Crippen LogP contribution is 2.26. The topological polar surface area (TPSA) is 81.9 Å². The molecule has 3 N–H and O–H groups in total. The minimum atomic E-state index is -0.498. The molecule has 0 aliphatic carbocycles. The average Bonchev–Trinajstić information content (AvgIpc) is 2.57. The lowest BCUT2D eigenvalue weighted by Gasteiger charge is -2.05. The lowest BCUT2D eigenvalue weighted by atomic mass is 10.0. The number of rotatable bonds is 3. The van der Waals surface area contributed by atoms with Crippen LogP contribution in [-0.2, 0) is 0 Å². The molecule has 0 aliphatic heterocycles. The van der Waals surface area contributed by atoms with Gasteiger partial charge in [0.25, 0.3) is 5.91 Å². The van der Waals surface area contributed by atoms with E-state index in [0.717, 1.165) is 10.9 Å². The molecule has 0 spiro atoms. The van der Waals surface area contributed by atoms with Crippen molar-refractivity contribution in [3.8, 4) is 11.5 Å². The first kappa shape index (κ1) is 14.6. The molecule has 0 heterocycles. The molecule has 114 valence electrons. The number of fused-ring (bicyclic) bond motifs is 1. The lowest BCUT2D eigenvalue weighted by Crippen LogP contribution is -2.17. The molecule has 0 fully saturated rings. The summed E-state index contributed by atoms with van der Waals surface area (Å²) in [5, 5.41) is 24.9. The van der Waals surface area contributed by atoms with Gasteiger partial charge < -0.3 is 10.2 Å². The van der Waals surface area contributed by atoms with Crippen LogP contribution in [0.25, 0.3) is 10.8 Å². The molecule has 0 bridgehead atoms. The third kappa shape index (κ3) is 2.98. The van der Waals surface area contributed by atoms with E-state index in [1.807, 2.05) is 24.3 Å². The van der Waals surface area contributed by atoms with E-state index in [0.29, 0.717) is 5.39 Å². The first-order valence-electron chi connectivity index (χ1n) is 6.99. The molecule has 1 amide bonds. The summed E-state index contributed by atoms with van der Waals surface area (Å²) in [6.45, 7) is 0. The number of nitrogens with zero attached hydrogens (tertiary/aromatic N) is 1. The van der Waals surface area contributed by atoms with Gasteiger partial charge in [-0.1, -0.05) is 36.4 Å². The molecule has 0 saturated heterocycles. The highest BCUT2D eigenvalue weighted by Gasteiger charge is 2.08. The predicted octanol–water partition coefficient (Wildman–Crippen LogP) is 3.01. The van der Waals surface area contributed by atoms with Gasteiger partial charge in [0, 0.05) is 10.9 Å². The Balaban J connectivity index is 1.83. The van der Waals surface area contributed by atoms with E-state index in [9.17, 15) is 15.0 Å². The molecular formula is C18H14N2O3. The van der Waals surface area contributed by atoms with Gasteiger partial charge in [0.2, 0.25) is 0 Å². The van der Waals surface area contributed by atoms with E-state index in [1.165, 1.54) is 18.3 Å². The molecule has 3 aromatic rings. The molecule has 3 rings (SSSR count). The second-order valence-corrected chi connectivity index (χ2v) is 4.94. The number of aromatic hydroxyl groups is 2. The molecule has 0 radical (unpaired) electrons. The SMILES string of the molecule is O=C(N/N=C/c1ccc(O)c2ccccc12)c1ccccc1O. The first-order chi connectivity index (χ1) is 11.2. The van der Waals surface area contributed by atoms with Crippen LogP contribution in [-0.4, -0.2) is 22.3 Å². The van der Waals surface area contributed by atoms with Crippen molar-refractivity contribution in [3.63, 3.8) is 0 Å². The third-order valence-electron chi connectivity index (χ3n) is 3.45. The number of hydrogen-bond donors (Lipinski definition) is 3. The number of carbonyl (C=O) groups excluding carboxylic acids is 1. The highest BCUT2D eigenvalue weighted by atomic mass is 16.3. The van der Waals surface area contributed by atoms with E-state index in [2.05, 4.69) is 10.5 Å². The number of carbonyl (C=O) groups is 1. The summed E-state index contributed by atoms with van der Waals surface area (Å²) in [7, 11) is 0. The van der Waals surface area contributed by atoms with Gasteiger partial charge in [0.05, 0.1) is 11.8 Å². The number of amides is 1. The van der Waals surface area contributed by atoms with Crippen molar-refractivity contribution in [2.24, 2.45) is 5.10 Å². The monoisotopic (exact) mass is 306 g/mol. The standard InChI is InChI=1S/C18H14N2O3/c21-16-8-4-3-7-15(16)18(23)20-19-11-12-9-10-17(22)14-6-2-1-5-13(12)14/h1-11,21-22H,(H,20,23)/b19-11+. The van der Waals surface area contributed by atoms with Gasteiger partial charge in [-0.25, -0.2) is 5.43 Å². The molecule has 0 saturated carbocycles. The summed E-state index contributed by atoms with van der Waals surface area (Å²) in [4.78, 5) is 11.9. The normalized spacial score (nSPS) is 11.0. The number of benzene rings is 3. The van der Waals surface area contributed by atoms with Crippen LogP contribution in [0.5, 0.6) is 11.5 Å². The summed E-state index contributed by atoms with van der Waals surface area (Å²) in [5.74, 6) is -0.409. The Morgan fingerprint density at radius 1 is 0.870 bits per heavy atom. The van der Waals surface area contributed by atoms with E-state index in [1.54, 1.807) is 24.3 Å². The Morgan fingerprint density at radius 3 is 2.35 bits per heavy atom. The Hall–Kier alpha value is -3.34. The zero-order valence-electron chi connectivity index (χ0n) is 12.1. The van der Waals surface area contributed by atoms with Gasteiger partial charge in [-0.15, -0.1) is 0 Å². The summed E-state index contributed by atoms with van der Waals surface area (Å²) in [6.07, 6.45) is 1.50. The van der Waals surface area contributed by atoms with Crippen molar-refractivity contribution >= 4 is 22.9 Å². The zero-order chi connectivity index (χ0) is 16.2. The van der Waals surface area contributed by atoms with Crippen LogP contribution in [0.3, 0.4) is 0 Å². The van der Waals surface area contributed by atoms with Crippen LogP contribution < -0.4 is 5.43 Å². The minimum Gasteiger partial charge on any atom is -0.507 e. The van der Waals surface area contributed by atoms with Gasteiger partial charge in [0.15, 0.2) is 0 Å². The van der Waals surface area contributed by atoms with Crippen LogP contribution in [0.2, 0.25) is 0 Å². The van der Waals surface area contributed by atoms with E-state index in [4.69, 9.17) is 0 Å². The number of hydrazone groups is 1. The van der Waals surface area contributed by atoms with Crippen molar-refractivity contribution in [1.29, 1.82) is 0 Å². The van der Waals surface area contributed by atoms with Crippen molar-refractivity contribution < 1.29 is 15.0 Å². The van der Waals surface area contributed by atoms with E-state index in [-0.39, 0.29) is 17.1 Å². The maximum atomic E-state index is 11.9. The number of hydrogen-bond acceptors (Lipinski definition) is 4. The Kier molecular flexibility index (Phi) is 3.93. The summed E-state index contributed by atoms with van der Waals surface area (Å²) in [6, 6.07) is 16.9. The third-order valence-corrected chi connectivity index (χ3v) is 3.45. The van der Waals surface area contributed by atoms with Crippen LogP contribution in [0.15, 0.2) is 65.8 Å². The molecule has 3 aromatic carbocycles. The van der Waals surface area contributed by atoms with Gasteiger partial charge >= 0.3 is 0 Å². The molecular weight excluding hydrogens is 292 g/mol. The van der Waals surface area contributed by atoms with Crippen LogP contribution in [0.1, 0.15) is 15.9 Å². The number of nitrogens with one attached hydrogen (secondary N) is 1. The number of phenols is 2. The summed E-state index contributed by atoms with van der Waals surface area (Å²) < 4.78 is 0. The summed E-state index contributed by atoms with van der Waals surface area (Å²) >= 11 is 0. The molecule has 5 nitrogen and oxygen atoms in total. The summed E-state index contributed by atoms with van der Waals surface area (Å²) in [5.41, 5.74) is 3.29. The molecule has 0 atom stereocenters. The second-order valence-electron chi connectivity index (χ2n) is 4.94. The van der Waals surface area contributed by atoms with Crippen molar-refractivity contribution in [1.82, 2.24) is 5.43 Å². The Morgan fingerprint density at radius 2 is 1.57 bits per heavy atom.